The first-order chi connectivity index (χ1) is 8.06. The zero-order valence-corrected chi connectivity index (χ0v) is 10.3. The molecular formula is C14H16N2O. The molecule has 0 unspecified atom stereocenters. The molecule has 88 valence electrons. The Bertz CT molecular complexity index is 500. The standard InChI is InChI=1S/C14H16N2O/c1-9-4-5-13(11(3)6-9)17-14-12(15)7-10(2)8-16-14/h4-8H,15H2,1-3H3. The van der Waals surface area contributed by atoms with Crippen LogP contribution < -0.4 is 10.5 Å². The third kappa shape index (κ3) is 2.56. The van der Waals surface area contributed by atoms with Crippen LogP contribution in [0.3, 0.4) is 0 Å². The molecule has 3 heteroatoms. The van der Waals surface area contributed by atoms with Crippen molar-refractivity contribution in [2.75, 3.05) is 5.73 Å². The molecule has 2 N–H and O–H groups in total. The van der Waals surface area contributed by atoms with Crippen LogP contribution in [0.15, 0.2) is 30.5 Å². The van der Waals surface area contributed by atoms with Crippen LogP contribution in [-0.4, -0.2) is 4.98 Å². The topological polar surface area (TPSA) is 48.1 Å². The average molecular weight is 228 g/mol. The Morgan fingerprint density at radius 1 is 1.06 bits per heavy atom. The number of nitrogens with two attached hydrogens (primary N) is 1. The molecule has 0 saturated heterocycles. The number of ether oxygens (including phenoxy) is 1. The van der Waals surface area contributed by atoms with Crippen molar-refractivity contribution in [2.45, 2.75) is 20.8 Å². The van der Waals surface area contributed by atoms with Crippen molar-refractivity contribution >= 4 is 5.69 Å². The third-order valence-electron chi connectivity index (χ3n) is 2.55. The maximum absolute atomic E-state index is 5.86. The molecule has 0 aliphatic heterocycles. The molecule has 0 spiro atoms. The molecule has 0 aliphatic rings. The van der Waals surface area contributed by atoms with E-state index in [4.69, 9.17) is 10.5 Å². The predicted molar refractivity (Wildman–Crippen MR) is 69.4 cm³/mol. The van der Waals surface area contributed by atoms with Crippen molar-refractivity contribution in [3.8, 4) is 11.6 Å². The molecule has 2 aromatic rings. The fourth-order valence-corrected chi connectivity index (χ4v) is 1.68. The summed E-state index contributed by atoms with van der Waals surface area (Å²) in [5, 5.41) is 0. The maximum Gasteiger partial charge on any atom is 0.242 e. The number of nitrogen functional groups attached to an aromatic ring is 1. The molecule has 0 fully saturated rings. The van der Waals surface area contributed by atoms with Gasteiger partial charge in [0, 0.05) is 6.20 Å². The molecule has 0 radical (unpaired) electrons. The van der Waals surface area contributed by atoms with Gasteiger partial charge in [0.1, 0.15) is 5.75 Å². The van der Waals surface area contributed by atoms with E-state index in [1.54, 1.807) is 6.20 Å². The van der Waals surface area contributed by atoms with E-state index in [0.717, 1.165) is 16.9 Å². The number of hydrogen-bond donors (Lipinski definition) is 1. The zero-order chi connectivity index (χ0) is 12.4. The monoisotopic (exact) mass is 228 g/mol. The van der Waals surface area contributed by atoms with Gasteiger partial charge in [-0.15, -0.1) is 0 Å². The first kappa shape index (κ1) is 11.5. The summed E-state index contributed by atoms with van der Waals surface area (Å²) in [7, 11) is 0. The minimum atomic E-state index is 0.461. The summed E-state index contributed by atoms with van der Waals surface area (Å²) in [6.45, 7) is 6.01. The van der Waals surface area contributed by atoms with E-state index < -0.39 is 0 Å². The molecule has 0 saturated carbocycles. The summed E-state index contributed by atoms with van der Waals surface area (Å²) in [6.07, 6.45) is 1.75. The molecule has 0 amide bonds. The van der Waals surface area contributed by atoms with Crippen LogP contribution in [0.4, 0.5) is 5.69 Å². The predicted octanol–water partition coefficient (Wildman–Crippen LogP) is 3.38. The lowest BCUT2D eigenvalue weighted by atomic mass is 10.1. The first-order valence-corrected chi connectivity index (χ1v) is 5.53. The molecular weight excluding hydrogens is 212 g/mol. The van der Waals surface area contributed by atoms with Gasteiger partial charge in [-0.05, 0) is 44.0 Å². The Morgan fingerprint density at radius 3 is 2.47 bits per heavy atom. The van der Waals surface area contributed by atoms with Gasteiger partial charge in [0.25, 0.3) is 0 Å². The lowest BCUT2D eigenvalue weighted by molar-refractivity contribution is 0.462. The van der Waals surface area contributed by atoms with E-state index in [2.05, 4.69) is 18.0 Å². The fraction of sp³-hybridized carbons (Fsp3) is 0.214. The third-order valence-corrected chi connectivity index (χ3v) is 2.55. The molecule has 1 aromatic carbocycles. The van der Waals surface area contributed by atoms with Crippen LogP contribution in [0.2, 0.25) is 0 Å². The van der Waals surface area contributed by atoms with Gasteiger partial charge in [-0.3, -0.25) is 0 Å². The summed E-state index contributed by atoms with van der Waals surface area (Å²) < 4.78 is 5.71. The molecule has 0 bridgehead atoms. The van der Waals surface area contributed by atoms with Crippen LogP contribution >= 0.6 is 0 Å². The lowest BCUT2D eigenvalue weighted by Gasteiger charge is -2.10. The summed E-state index contributed by atoms with van der Waals surface area (Å²) in [5.74, 6) is 1.25. The number of aromatic nitrogens is 1. The SMILES string of the molecule is Cc1ccc(Oc2ncc(C)cc2N)c(C)c1. The Balaban J connectivity index is 2.31. The van der Waals surface area contributed by atoms with Crippen molar-refractivity contribution in [1.29, 1.82) is 0 Å². The normalized spacial score (nSPS) is 10.3. The van der Waals surface area contributed by atoms with Gasteiger partial charge in [-0.1, -0.05) is 17.7 Å². The maximum atomic E-state index is 5.86. The van der Waals surface area contributed by atoms with Crippen LogP contribution in [-0.2, 0) is 0 Å². The summed E-state index contributed by atoms with van der Waals surface area (Å²) in [6, 6.07) is 7.87. The van der Waals surface area contributed by atoms with Gasteiger partial charge >= 0.3 is 0 Å². The highest BCUT2D eigenvalue weighted by molar-refractivity contribution is 5.51. The largest absolute Gasteiger partial charge is 0.437 e. The van der Waals surface area contributed by atoms with Gasteiger partial charge in [-0.25, -0.2) is 4.98 Å². The Morgan fingerprint density at radius 2 is 1.82 bits per heavy atom. The van der Waals surface area contributed by atoms with E-state index in [9.17, 15) is 0 Å². The second-order valence-corrected chi connectivity index (χ2v) is 4.28. The molecule has 2 rings (SSSR count). The van der Waals surface area contributed by atoms with Crippen LogP contribution in [0, 0.1) is 20.8 Å². The number of rotatable bonds is 2. The molecule has 0 aliphatic carbocycles. The second kappa shape index (κ2) is 4.45. The fourth-order valence-electron chi connectivity index (χ4n) is 1.68. The van der Waals surface area contributed by atoms with Crippen molar-refractivity contribution in [3.05, 3.63) is 47.2 Å². The van der Waals surface area contributed by atoms with E-state index >= 15 is 0 Å². The zero-order valence-electron chi connectivity index (χ0n) is 10.3. The lowest BCUT2D eigenvalue weighted by Crippen LogP contribution is -1.96. The number of nitrogens with zero attached hydrogens (tertiary/aromatic N) is 1. The number of benzene rings is 1. The summed E-state index contributed by atoms with van der Waals surface area (Å²) in [5.41, 5.74) is 9.73. The first-order valence-electron chi connectivity index (χ1n) is 5.53. The van der Waals surface area contributed by atoms with Crippen molar-refractivity contribution in [1.82, 2.24) is 4.98 Å². The van der Waals surface area contributed by atoms with Crippen LogP contribution in [0.25, 0.3) is 0 Å². The second-order valence-electron chi connectivity index (χ2n) is 4.28. The number of aryl methyl sites for hydroxylation is 3. The highest BCUT2D eigenvalue weighted by Gasteiger charge is 2.06. The molecule has 0 atom stereocenters. The summed E-state index contributed by atoms with van der Waals surface area (Å²) >= 11 is 0. The Hall–Kier alpha value is -2.03. The van der Waals surface area contributed by atoms with Gasteiger partial charge in [0.05, 0.1) is 5.69 Å². The van der Waals surface area contributed by atoms with Gasteiger partial charge in [0.2, 0.25) is 5.88 Å². The van der Waals surface area contributed by atoms with E-state index in [-0.39, 0.29) is 0 Å². The summed E-state index contributed by atoms with van der Waals surface area (Å²) in [4.78, 5) is 4.19. The quantitative estimate of drug-likeness (QED) is 0.857. The minimum absolute atomic E-state index is 0.461. The van der Waals surface area contributed by atoms with Crippen LogP contribution in [0.1, 0.15) is 16.7 Å². The van der Waals surface area contributed by atoms with Gasteiger partial charge < -0.3 is 10.5 Å². The van der Waals surface area contributed by atoms with E-state index in [1.165, 1.54) is 5.56 Å². The molecule has 17 heavy (non-hydrogen) atoms. The molecule has 3 nitrogen and oxygen atoms in total. The Labute approximate surface area is 101 Å². The Kier molecular flexibility index (Phi) is 3.00. The number of pyridine rings is 1. The number of anilines is 1. The van der Waals surface area contributed by atoms with Crippen molar-refractivity contribution in [3.63, 3.8) is 0 Å². The highest BCUT2D eigenvalue weighted by atomic mass is 16.5. The highest BCUT2D eigenvalue weighted by Crippen LogP contribution is 2.28. The van der Waals surface area contributed by atoms with Crippen molar-refractivity contribution < 1.29 is 4.74 Å². The number of hydrogen-bond acceptors (Lipinski definition) is 3. The van der Waals surface area contributed by atoms with Gasteiger partial charge in [-0.2, -0.15) is 0 Å². The van der Waals surface area contributed by atoms with Crippen LogP contribution in [0.5, 0.6) is 11.6 Å². The minimum Gasteiger partial charge on any atom is -0.437 e. The molecule has 1 heterocycles. The van der Waals surface area contributed by atoms with Crippen molar-refractivity contribution in [2.24, 2.45) is 0 Å². The average Bonchev–Trinajstić information content (AvgIpc) is 2.25. The van der Waals surface area contributed by atoms with E-state index in [1.807, 2.05) is 32.0 Å². The van der Waals surface area contributed by atoms with Gasteiger partial charge in [0.15, 0.2) is 0 Å². The molecule has 1 aromatic heterocycles. The smallest absolute Gasteiger partial charge is 0.242 e. The van der Waals surface area contributed by atoms with E-state index in [0.29, 0.717) is 11.6 Å².